The van der Waals surface area contributed by atoms with Crippen LogP contribution >= 0.6 is 11.6 Å². The van der Waals surface area contributed by atoms with Gasteiger partial charge in [-0.25, -0.2) is 8.42 Å². The average Bonchev–Trinajstić information content (AvgIpc) is 2.96. The lowest BCUT2D eigenvalue weighted by Gasteiger charge is -2.24. The number of anilines is 2. The number of fused-ring (bicyclic) bond motifs is 2. The molecule has 42 heavy (non-hydrogen) atoms. The van der Waals surface area contributed by atoms with Crippen molar-refractivity contribution < 1.29 is 13.2 Å². The number of sulfonamides is 1. The summed E-state index contributed by atoms with van der Waals surface area (Å²) in [5, 5.41) is 9.39. The molecule has 10 heteroatoms. The number of nitrogens with one attached hydrogen (secondary N) is 2. The molecule has 218 valence electrons. The van der Waals surface area contributed by atoms with E-state index in [1.54, 1.807) is 31.4 Å². The van der Waals surface area contributed by atoms with E-state index in [0.717, 1.165) is 50.1 Å². The number of aromatic nitrogens is 2. The second-order valence-electron chi connectivity index (χ2n) is 10.2. The first kappa shape index (κ1) is 29.6. The molecule has 2 N–H and O–H groups in total. The van der Waals surface area contributed by atoms with Crippen LogP contribution in [0.3, 0.4) is 0 Å². The lowest BCUT2D eigenvalue weighted by Crippen LogP contribution is -2.38. The fourth-order valence-corrected chi connectivity index (χ4v) is 6.59. The van der Waals surface area contributed by atoms with Gasteiger partial charge in [0.05, 0.1) is 23.0 Å². The van der Waals surface area contributed by atoms with Crippen molar-refractivity contribution in [3.63, 3.8) is 0 Å². The molecule has 3 aromatic carbocycles. The molecule has 0 spiro atoms. The Bertz CT molecular complexity index is 1750. The lowest BCUT2D eigenvalue weighted by molar-refractivity contribution is 0.414. The van der Waals surface area contributed by atoms with Gasteiger partial charge in [0, 0.05) is 64.7 Å². The van der Waals surface area contributed by atoms with Gasteiger partial charge in [0.1, 0.15) is 5.75 Å². The van der Waals surface area contributed by atoms with Gasteiger partial charge in [-0.1, -0.05) is 23.2 Å². The molecule has 0 saturated heterocycles. The van der Waals surface area contributed by atoms with Crippen LogP contribution in [0.15, 0.2) is 77.7 Å². The van der Waals surface area contributed by atoms with Crippen LogP contribution in [0, 0.1) is 20.8 Å². The van der Waals surface area contributed by atoms with E-state index in [2.05, 4.69) is 26.7 Å². The predicted molar refractivity (Wildman–Crippen MR) is 171 cm³/mol. The standard InChI is InChI=1S/C32H34ClN5O3S/c1-21-5-11-29-27(17-21)31(18-22(2)36-29)34-13-15-38(42(39,40)26-9-7-25(41-4)8-10-26)16-14-35-32-19-23(3)37-30-12-6-24(33)20-28(30)32/h5-12,17-20H,13-16H2,1-4H3,(H,34,36)(H,35,37). The number of methoxy groups -OCH3 is 1. The minimum atomic E-state index is -3.80. The summed E-state index contributed by atoms with van der Waals surface area (Å²) in [7, 11) is -2.25. The molecule has 5 aromatic rings. The molecule has 0 aliphatic heterocycles. The fourth-order valence-electron chi connectivity index (χ4n) is 4.97. The van der Waals surface area contributed by atoms with Gasteiger partial charge in [-0.15, -0.1) is 0 Å². The minimum Gasteiger partial charge on any atom is -0.497 e. The third kappa shape index (κ3) is 6.59. The summed E-state index contributed by atoms with van der Waals surface area (Å²) in [6, 6.07) is 22.1. The largest absolute Gasteiger partial charge is 0.497 e. The first-order valence-electron chi connectivity index (χ1n) is 13.7. The van der Waals surface area contributed by atoms with Crippen LogP contribution < -0.4 is 15.4 Å². The molecule has 8 nitrogen and oxygen atoms in total. The molecule has 0 radical (unpaired) electrons. The first-order valence-corrected chi connectivity index (χ1v) is 15.5. The zero-order chi connectivity index (χ0) is 29.9. The molecule has 0 unspecified atom stereocenters. The maximum absolute atomic E-state index is 13.8. The molecule has 0 bridgehead atoms. The Kier molecular flexibility index (Phi) is 8.82. The van der Waals surface area contributed by atoms with Crippen molar-refractivity contribution in [1.82, 2.24) is 14.3 Å². The molecule has 0 aliphatic carbocycles. The van der Waals surface area contributed by atoms with Crippen molar-refractivity contribution in [2.45, 2.75) is 25.7 Å². The van der Waals surface area contributed by atoms with E-state index < -0.39 is 10.0 Å². The Morgan fingerprint density at radius 1 is 0.762 bits per heavy atom. The van der Waals surface area contributed by atoms with Crippen molar-refractivity contribution in [2.75, 3.05) is 43.9 Å². The number of pyridine rings is 2. The Morgan fingerprint density at radius 2 is 1.31 bits per heavy atom. The zero-order valence-electron chi connectivity index (χ0n) is 24.1. The molecule has 2 aromatic heterocycles. The van der Waals surface area contributed by atoms with Gasteiger partial charge < -0.3 is 15.4 Å². The van der Waals surface area contributed by atoms with E-state index in [-0.39, 0.29) is 18.0 Å². The zero-order valence-corrected chi connectivity index (χ0v) is 25.7. The third-order valence-corrected chi connectivity index (χ3v) is 9.19. The minimum absolute atomic E-state index is 0.209. The maximum Gasteiger partial charge on any atom is 0.243 e. The number of benzene rings is 3. The highest BCUT2D eigenvalue weighted by molar-refractivity contribution is 7.89. The van der Waals surface area contributed by atoms with Crippen molar-refractivity contribution >= 4 is 54.8 Å². The van der Waals surface area contributed by atoms with Gasteiger partial charge in [0.2, 0.25) is 10.0 Å². The normalized spacial score (nSPS) is 11.8. The van der Waals surface area contributed by atoms with Crippen LogP contribution in [0.1, 0.15) is 17.0 Å². The smallest absolute Gasteiger partial charge is 0.243 e. The monoisotopic (exact) mass is 603 g/mol. The highest BCUT2D eigenvalue weighted by atomic mass is 35.5. The number of rotatable bonds is 11. The van der Waals surface area contributed by atoms with Crippen molar-refractivity contribution in [1.29, 1.82) is 0 Å². The molecule has 2 heterocycles. The molecule has 0 aliphatic rings. The Balaban J connectivity index is 1.38. The van der Waals surface area contributed by atoms with E-state index in [0.29, 0.717) is 23.9 Å². The fraction of sp³-hybridized carbons (Fsp3) is 0.250. The van der Waals surface area contributed by atoms with Crippen LogP contribution in [-0.2, 0) is 10.0 Å². The Labute approximate surface area is 251 Å². The lowest BCUT2D eigenvalue weighted by atomic mass is 10.1. The first-order chi connectivity index (χ1) is 20.1. The van der Waals surface area contributed by atoms with Gasteiger partial charge in [-0.3, -0.25) is 9.97 Å². The number of ether oxygens (including phenoxy) is 1. The highest BCUT2D eigenvalue weighted by Gasteiger charge is 2.24. The SMILES string of the molecule is COc1ccc(S(=O)(=O)N(CCNc2cc(C)nc3ccc(C)cc23)CCNc2cc(C)nc3ccc(Cl)cc23)cc1. The molecule has 0 amide bonds. The van der Waals surface area contributed by atoms with E-state index in [4.69, 9.17) is 16.3 Å². The second kappa shape index (κ2) is 12.5. The van der Waals surface area contributed by atoms with Crippen molar-refractivity contribution in [3.05, 3.63) is 94.8 Å². The molecule has 0 fully saturated rings. The van der Waals surface area contributed by atoms with Crippen LogP contribution in [0.25, 0.3) is 21.8 Å². The van der Waals surface area contributed by atoms with Crippen LogP contribution in [0.5, 0.6) is 5.75 Å². The average molecular weight is 604 g/mol. The van der Waals surface area contributed by atoms with Crippen molar-refractivity contribution in [2.24, 2.45) is 0 Å². The number of halogens is 1. The Morgan fingerprint density at radius 3 is 1.88 bits per heavy atom. The van der Waals surface area contributed by atoms with E-state index in [1.165, 1.54) is 4.31 Å². The summed E-state index contributed by atoms with van der Waals surface area (Å²) in [5.41, 5.74) is 6.38. The van der Waals surface area contributed by atoms with Crippen molar-refractivity contribution in [3.8, 4) is 5.75 Å². The number of aryl methyl sites for hydroxylation is 3. The number of hydrogen-bond acceptors (Lipinski definition) is 7. The molecule has 0 atom stereocenters. The Hall–Kier alpha value is -3.92. The molecular formula is C32H34ClN5O3S. The summed E-state index contributed by atoms with van der Waals surface area (Å²) in [4.78, 5) is 9.44. The number of nitrogens with zero attached hydrogens (tertiary/aromatic N) is 3. The summed E-state index contributed by atoms with van der Waals surface area (Å²) in [5.74, 6) is 0.595. The van der Waals surface area contributed by atoms with Gasteiger partial charge in [0.15, 0.2) is 0 Å². The van der Waals surface area contributed by atoms with Gasteiger partial charge in [0.25, 0.3) is 0 Å². The topological polar surface area (TPSA) is 96.5 Å². The maximum atomic E-state index is 13.8. The second-order valence-corrected chi connectivity index (χ2v) is 12.6. The summed E-state index contributed by atoms with van der Waals surface area (Å²) in [6.45, 7) is 7.22. The summed E-state index contributed by atoms with van der Waals surface area (Å²) < 4.78 is 34.4. The van der Waals surface area contributed by atoms with Gasteiger partial charge in [-0.2, -0.15) is 4.31 Å². The highest BCUT2D eigenvalue weighted by Crippen LogP contribution is 2.27. The van der Waals surface area contributed by atoms with Gasteiger partial charge >= 0.3 is 0 Å². The van der Waals surface area contributed by atoms with Crippen LogP contribution in [0.2, 0.25) is 5.02 Å². The summed E-state index contributed by atoms with van der Waals surface area (Å²) >= 11 is 6.26. The van der Waals surface area contributed by atoms with Crippen LogP contribution in [-0.4, -0.2) is 56.0 Å². The van der Waals surface area contributed by atoms with Gasteiger partial charge in [-0.05, 0) is 87.5 Å². The molecule has 0 saturated carbocycles. The predicted octanol–water partition coefficient (Wildman–Crippen LogP) is 6.59. The van der Waals surface area contributed by atoms with E-state index >= 15 is 0 Å². The van der Waals surface area contributed by atoms with E-state index in [9.17, 15) is 8.42 Å². The van der Waals surface area contributed by atoms with Crippen LogP contribution in [0.4, 0.5) is 11.4 Å². The number of hydrogen-bond donors (Lipinski definition) is 2. The van der Waals surface area contributed by atoms with E-state index in [1.807, 2.05) is 63.2 Å². The summed E-state index contributed by atoms with van der Waals surface area (Å²) in [6.07, 6.45) is 0. The quantitative estimate of drug-likeness (QED) is 0.176. The third-order valence-electron chi connectivity index (χ3n) is 7.04. The molecular weight excluding hydrogens is 570 g/mol. The molecule has 5 rings (SSSR count).